The van der Waals surface area contributed by atoms with Crippen molar-refractivity contribution in [2.75, 3.05) is 32.7 Å². The van der Waals surface area contributed by atoms with Crippen molar-refractivity contribution in [3.05, 3.63) is 17.0 Å². The molecule has 1 saturated heterocycles. The molecule has 0 atom stereocenters. The molecule has 1 aromatic rings. The first-order valence-electron chi connectivity index (χ1n) is 10.1. The van der Waals surface area contributed by atoms with Crippen LogP contribution in [-0.2, 0) is 17.8 Å². The minimum absolute atomic E-state index is 0. The molecule has 0 unspecified atom stereocenters. The van der Waals surface area contributed by atoms with Gasteiger partial charge in [-0.2, -0.15) is 5.10 Å². The SMILES string of the molecule is Cl.O=C(CCC1CCCC1)N1CCN(C(=O)c2n[nH]c3c2CNCC3)CC1. The lowest BCUT2D eigenvalue weighted by Crippen LogP contribution is -2.50. The second-order valence-electron chi connectivity index (χ2n) is 7.82. The van der Waals surface area contributed by atoms with E-state index in [2.05, 4.69) is 15.5 Å². The predicted octanol–water partition coefficient (Wildman–Crippen LogP) is 1.73. The highest BCUT2D eigenvalue weighted by molar-refractivity contribution is 5.94. The number of piperazine rings is 1. The van der Waals surface area contributed by atoms with Gasteiger partial charge in [-0.25, -0.2) is 0 Å². The number of carbonyl (C=O) groups is 2. The summed E-state index contributed by atoms with van der Waals surface area (Å²) >= 11 is 0. The number of rotatable bonds is 4. The molecule has 0 aromatic carbocycles. The summed E-state index contributed by atoms with van der Waals surface area (Å²) in [6.45, 7) is 4.10. The Hall–Kier alpha value is -1.60. The van der Waals surface area contributed by atoms with E-state index in [1.165, 1.54) is 25.7 Å². The fourth-order valence-electron chi connectivity index (χ4n) is 4.50. The molecule has 0 radical (unpaired) electrons. The summed E-state index contributed by atoms with van der Waals surface area (Å²) in [5.41, 5.74) is 2.64. The molecule has 0 bridgehead atoms. The van der Waals surface area contributed by atoms with Crippen molar-refractivity contribution in [1.82, 2.24) is 25.3 Å². The van der Waals surface area contributed by atoms with Crippen LogP contribution in [0.15, 0.2) is 0 Å². The number of carbonyl (C=O) groups excluding carboxylic acids is 2. The molecule has 8 heteroatoms. The van der Waals surface area contributed by atoms with Crippen molar-refractivity contribution < 1.29 is 9.59 Å². The lowest BCUT2D eigenvalue weighted by atomic mass is 10.0. The first-order chi connectivity index (χ1) is 12.7. The zero-order chi connectivity index (χ0) is 17.9. The Kier molecular flexibility index (Phi) is 6.76. The molecule has 150 valence electrons. The van der Waals surface area contributed by atoms with Crippen LogP contribution < -0.4 is 5.32 Å². The van der Waals surface area contributed by atoms with Gasteiger partial charge in [0.1, 0.15) is 0 Å². The van der Waals surface area contributed by atoms with E-state index in [-0.39, 0.29) is 24.2 Å². The van der Waals surface area contributed by atoms with Crippen molar-refractivity contribution >= 4 is 24.2 Å². The van der Waals surface area contributed by atoms with Crippen LogP contribution in [0.2, 0.25) is 0 Å². The Balaban J connectivity index is 0.00000210. The van der Waals surface area contributed by atoms with E-state index in [1.807, 2.05) is 9.80 Å². The molecule has 3 heterocycles. The monoisotopic (exact) mass is 395 g/mol. The third-order valence-corrected chi connectivity index (χ3v) is 6.17. The number of hydrogen-bond donors (Lipinski definition) is 2. The van der Waals surface area contributed by atoms with Gasteiger partial charge >= 0.3 is 0 Å². The molecule has 1 saturated carbocycles. The number of nitrogens with zero attached hydrogens (tertiary/aromatic N) is 3. The van der Waals surface area contributed by atoms with E-state index in [0.29, 0.717) is 44.8 Å². The van der Waals surface area contributed by atoms with Gasteiger partial charge in [0.25, 0.3) is 5.91 Å². The smallest absolute Gasteiger partial charge is 0.274 e. The van der Waals surface area contributed by atoms with Crippen molar-refractivity contribution in [3.63, 3.8) is 0 Å². The second-order valence-corrected chi connectivity index (χ2v) is 7.82. The number of aromatic nitrogens is 2. The van der Waals surface area contributed by atoms with Crippen molar-refractivity contribution in [3.8, 4) is 0 Å². The summed E-state index contributed by atoms with van der Waals surface area (Å²) in [5.74, 6) is 0.996. The maximum Gasteiger partial charge on any atom is 0.274 e. The normalized spacial score (nSPS) is 20.3. The maximum atomic E-state index is 12.8. The number of amides is 2. The lowest BCUT2D eigenvalue weighted by molar-refractivity contribution is -0.133. The van der Waals surface area contributed by atoms with Crippen LogP contribution in [-0.4, -0.2) is 64.5 Å². The Morgan fingerprint density at radius 1 is 1.07 bits per heavy atom. The molecule has 2 N–H and O–H groups in total. The maximum absolute atomic E-state index is 12.8. The highest BCUT2D eigenvalue weighted by Crippen LogP contribution is 2.28. The van der Waals surface area contributed by atoms with Gasteiger partial charge in [0.15, 0.2) is 5.69 Å². The average molecular weight is 396 g/mol. The van der Waals surface area contributed by atoms with Gasteiger partial charge in [-0.15, -0.1) is 12.4 Å². The summed E-state index contributed by atoms with van der Waals surface area (Å²) in [6, 6.07) is 0. The zero-order valence-corrected chi connectivity index (χ0v) is 16.7. The molecule has 4 rings (SSSR count). The summed E-state index contributed by atoms with van der Waals surface area (Å²) in [6.07, 6.45) is 7.81. The number of nitrogens with one attached hydrogen (secondary N) is 2. The third-order valence-electron chi connectivity index (χ3n) is 6.17. The standard InChI is InChI=1S/C19H29N5O2.ClH/c25-17(6-5-14-3-1-2-4-14)23-9-11-24(12-10-23)19(26)18-15-13-20-8-7-16(15)21-22-18;/h14,20H,1-13H2,(H,21,22);1H. The van der Waals surface area contributed by atoms with E-state index in [9.17, 15) is 9.59 Å². The molecule has 0 spiro atoms. The molecule has 1 aromatic heterocycles. The summed E-state index contributed by atoms with van der Waals surface area (Å²) in [4.78, 5) is 29.0. The predicted molar refractivity (Wildman–Crippen MR) is 105 cm³/mol. The van der Waals surface area contributed by atoms with Crippen LogP contribution in [0.5, 0.6) is 0 Å². The Bertz CT molecular complexity index is 663. The molecule has 2 amide bonds. The van der Waals surface area contributed by atoms with E-state index >= 15 is 0 Å². The number of halogens is 1. The van der Waals surface area contributed by atoms with Crippen LogP contribution >= 0.6 is 12.4 Å². The van der Waals surface area contributed by atoms with Crippen LogP contribution in [0, 0.1) is 5.92 Å². The summed E-state index contributed by atoms with van der Waals surface area (Å²) < 4.78 is 0. The Labute approximate surface area is 166 Å². The number of aromatic amines is 1. The van der Waals surface area contributed by atoms with E-state index in [4.69, 9.17) is 0 Å². The average Bonchev–Trinajstić information content (AvgIpc) is 3.35. The minimum Gasteiger partial charge on any atom is -0.339 e. The van der Waals surface area contributed by atoms with Crippen LogP contribution in [0.4, 0.5) is 0 Å². The third kappa shape index (κ3) is 4.46. The number of H-pyrrole nitrogens is 1. The van der Waals surface area contributed by atoms with Crippen LogP contribution in [0.25, 0.3) is 0 Å². The van der Waals surface area contributed by atoms with Crippen LogP contribution in [0.1, 0.15) is 60.3 Å². The number of fused-ring (bicyclic) bond motifs is 1. The zero-order valence-electron chi connectivity index (χ0n) is 15.8. The van der Waals surface area contributed by atoms with E-state index in [0.717, 1.165) is 36.6 Å². The fraction of sp³-hybridized carbons (Fsp3) is 0.737. The first kappa shape index (κ1) is 20.1. The van der Waals surface area contributed by atoms with Crippen molar-refractivity contribution in [2.24, 2.45) is 5.92 Å². The summed E-state index contributed by atoms with van der Waals surface area (Å²) in [5, 5.41) is 10.6. The first-order valence-corrected chi connectivity index (χ1v) is 10.1. The van der Waals surface area contributed by atoms with Crippen LogP contribution in [0.3, 0.4) is 0 Å². The molecule has 2 aliphatic heterocycles. The topological polar surface area (TPSA) is 81.3 Å². The minimum atomic E-state index is -0.00995. The summed E-state index contributed by atoms with van der Waals surface area (Å²) in [7, 11) is 0. The van der Waals surface area contributed by atoms with Gasteiger partial charge in [-0.3, -0.25) is 14.7 Å². The second kappa shape index (κ2) is 9.06. The van der Waals surface area contributed by atoms with Crippen molar-refractivity contribution in [2.45, 2.75) is 51.5 Å². The molecule has 7 nitrogen and oxygen atoms in total. The van der Waals surface area contributed by atoms with Gasteiger partial charge in [-0.05, 0) is 12.3 Å². The molecule has 2 fully saturated rings. The van der Waals surface area contributed by atoms with Gasteiger partial charge in [0, 0.05) is 63.4 Å². The Morgan fingerprint density at radius 2 is 1.78 bits per heavy atom. The molecular weight excluding hydrogens is 366 g/mol. The van der Waals surface area contributed by atoms with Gasteiger partial charge in [0.05, 0.1) is 0 Å². The largest absolute Gasteiger partial charge is 0.339 e. The Morgan fingerprint density at radius 3 is 2.52 bits per heavy atom. The van der Waals surface area contributed by atoms with E-state index < -0.39 is 0 Å². The van der Waals surface area contributed by atoms with Crippen molar-refractivity contribution in [1.29, 1.82) is 0 Å². The highest BCUT2D eigenvalue weighted by atomic mass is 35.5. The highest BCUT2D eigenvalue weighted by Gasteiger charge is 2.29. The van der Waals surface area contributed by atoms with Gasteiger partial charge in [-0.1, -0.05) is 25.7 Å². The molecule has 3 aliphatic rings. The quantitative estimate of drug-likeness (QED) is 0.813. The lowest BCUT2D eigenvalue weighted by Gasteiger charge is -2.35. The molecular formula is C19H30ClN5O2. The van der Waals surface area contributed by atoms with Gasteiger partial charge in [0.2, 0.25) is 5.91 Å². The fourth-order valence-corrected chi connectivity index (χ4v) is 4.50. The van der Waals surface area contributed by atoms with Gasteiger partial charge < -0.3 is 15.1 Å². The van der Waals surface area contributed by atoms with E-state index in [1.54, 1.807) is 0 Å². The molecule has 27 heavy (non-hydrogen) atoms. The number of hydrogen-bond acceptors (Lipinski definition) is 4. The molecule has 1 aliphatic carbocycles.